The van der Waals surface area contributed by atoms with Gasteiger partial charge in [0.25, 0.3) is 11.8 Å². The van der Waals surface area contributed by atoms with Crippen molar-refractivity contribution in [2.45, 2.75) is 117 Å². The minimum absolute atomic E-state index is 0.0313. The first-order valence-corrected chi connectivity index (χ1v) is 19.0. The summed E-state index contributed by atoms with van der Waals surface area (Å²) in [7, 11) is 0. The molecule has 0 aromatic heterocycles. The van der Waals surface area contributed by atoms with Crippen molar-refractivity contribution in [2.75, 3.05) is 25.2 Å². The second-order valence-corrected chi connectivity index (χ2v) is 17.1. The maximum atomic E-state index is 13.5. The van der Waals surface area contributed by atoms with Crippen molar-refractivity contribution in [3.63, 3.8) is 0 Å². The number of hydrogen-bond donors (Lipinski definition) is 2. The van der Waals surface area contributed by atoms with E-state index in [1.54, 1.807) is 0 Å². The lowest BCUT2D eigenvalue weighted by Gasteiger charge is -2.60. The van der Waals surface area contributed by atoms with E-state index in [4.69, 9.17) is 4.74 Å². The van der Waals surface area contributed by atoms with Gasteiger partial charge in [-0.15, -0.1) is 0 Å². The van der Waals surface area contributed by atoms with Crippen molar-refractivity contribution in [1.29, 1.82) is 0 Å². The molecule has 50 heavy (non-hydrogen) atoms. The van der Waals surface area contributed by atoms with Gasteiger partial charge >= 0.3 is 0 Å². The van der Waals surface area contributed by atoms with Crippen LogP contribution in [0.4, 0.5) is 5.69 Å². The Hall–Kier alpha value is -3.30. The van der Waals surface area contributed by atoms with Crippen LogP contribution < -0.4 is 10.6 Å². The van der Waals surface area contributed by atoms with Gasteiger partial charge in [-0.05, 0) is 113 Å². The summed E-state index contributed by atoms with van der Waals surface area (Å²) in [4.78, 5) is 53.2. The first-order chi connectivity index (χ1) is 23.8. The molecule has 2 heterocycles. The molecule has 0 spiro atoms. The first-order valence-electron chi connectivity index (χ1n) is 19.0. The van der Waals surface area contributed by atoms with E-state index < -0.39 is 0 Å². The van der Waals surface area contributed by atoms with Crippen LogP contribution in [0.3, 0.4) is 0 Å². The zero-order valence-electron chi connectivity index (χ0n) is 30.8. The van der Waals surface area contributed by atoms with Crippen molar-refractivity contribution in [1.82, 2.24) is 15.1 Å². The molecule has 3 aliphatic carbocycles. The van der Waals surface area contributed by atoms with E-state index in [0.717, 1.165) is 50.8 Å². The number of amides is 4. The molecule has 4 amide bonds. The summed E-state index contributed by atoms with van der Waals surface area (Å²) in [5, 5.41) is 6.33. The van der Waals surface area contributed by atoms with Gasteiger partial charge in [-0.3, -0.25) is 29.0 Å². The fraction of sp³-hybridized carbons (Fsp3) is 0.659. The van der Waals surface area contributed by atoms with Crippen LogP contribution in [0.1, 0.15) is 104 Å². The summed E-state index contributed by atoms with van der Waals surface area (Å²) in [5.74, 6) is 1.61. The van der Waals surface area contributed by atoms with Crippen LogP contribution in [0.2, 0.25) is 0 Å². The lowest BCUT2D eigenvalue weighted by atomic mass is 9.48. The molecule has 272 valence electrons. The molecule has 0 saturated heterocycles. The average Bonchev–Trinajstić information content (AvgIpc) is 3.57. The smallest absolute Gasteiger partial charge is 0.253 e. The van der Waals surface area contributed by atoms with Gasteiger partial charge < -0.3 is 15.4 Å². The van der Waals surface area contributed by atoms with Crippen molar-refractivity contribution < 1.29 is 23.9 Å². The fourth-order valence-corrected chi connectivity index (χ4v) is 10.4. The number of ether oxygens (including phenoxy) is 1. The van der Waals surface area contributed by atoms with Crippen molar-refractivity contribution in [3.05, 3.63) is 54.1 Å². The highest BCUT2D eigenvalue weighted by Crippen LogP contribution is 2.65. The number of nitrogens with one attached hydrogen (secondary N) is 2. The van der Waals surface area contributed by atoms with Crippen LogP contribution in [0.15, 0.2) is 48.6 Å². The number of fused-ring (bicyclic) bond motifs is 5. The zero-order valence-corrected chi connectivity index (χ0v) is 30.8. The van der Waals surface area contributed by atoms with Gasteiger partial charge in [-0.25, -0.2) is 0 Å². The highest BCUT2D eigenvalue weighted by molar-refractivity contribution is 6.12. The normalized spacial score (nSPS) is 33.2. The molecule has 0 unspecified atom stereocenters. The molecular formula is C41H58N4O5. The molecule has 1 aromatic carbocycles. The number of carbonyl (C=O) groups is 4. The summed E-state index contributed by atoms with van der Waals surface area (Å²) in [5.41, 5.74) is 1.87. The maximum absolute atomic E-state index is 13.5. The molecule has 5 aliphatic rings. The van der Waals surface area contributed by atoms with E-state index in [2.05, 4.69) is 74.4 Å². The van der Waals surface area contributed by atoms with Gasteiger partial charge in [0.15, 0.2) is 0 Å². The number of imide groups is 1. The lowest BCUT2D eigenvalue weighted by Crippen LogP contribution is -2.59. The number of unbranched alkanes of at least 4 members (excludes halogenated alkanes) is 2. The Labute approximate surface area is 298 Å². The SMILES string of the molecule is CC(C)(C)NC(=O)[C@H]1CC[C@H]2[C@@H]3CC[C@H]4N(Cc5ccc(NC(=O)CCCCCN6C(=O)C=CC6=O)cc5)COC/C=C\[C@]4(C)[C@H]3CC[C@]12C. The number of nitrogens with zero attached hydrogens (tertiary/aromatic N) is 2. The molecule has 0 bridgehead atoms. The highest BCUT2D eigenvalue weighted by Gasteiger charge is 2.61. The minimum atomic E-state index is -0.257. The quantitative estimate of drug-likeness (QED) is 0.163. The third-order valence-electron chi connectivity index (χ3n) is 12.7. The van der Waals surface area contributed by atoms with Gasteiger partial charge in [0.2, 0.25) is 11.8 Å². The Morgan fingerprint density at radius 2 is 1.66 bits per heavy atom. The van der Waals surface area contributed by atoms with Crippen LogP contribution in [0.25, 0.3) is 0 Å². The molecule has 6 rings (SSSR count). The lowest BCUT2D eigenvalue weighted by molar-refractivity contribution is -0.138. The topological polar surface area (TPSA) is 108 Å². The zero-order chi connectivity index (χ0) is 35.7. The molecule has 9 heteroatoms. The largest absolute Gasteiger partial charge is 0.362 e. The van der Waals surface area contributed by atoms with Gasteiger partial charge in [-0.2, -0.15) is 0 Å². The summed E-state index contributed by atoms with van der Waals surface area (Å²) >= 11 is 0. The molecule has 3 saturated carbocycles. The third-order valence-corrected chi connectivity index (χ3v) is 12.7. The molecule has 1 aromatic rings. The van der Waals surface area contributed by atoms with Crippen LogP contribution in [-0.4, -0.2) is 64.9 Å². The van der Waals surface area contributed by atoms with E-state index >= 15 is 0 Å². The summed E-state index contributed by atoms with van der Waals surface area (Å²) in [6.45, 7) is 13.5. The van der Waals surface area contributed by atoms with Crippen LogP contribution in [0, 0.1) is 34.5 Å². The summed E-state index contributed by atoms with van der Waals surface area (Å²) in [6.07, 6.45) is 16.6. The fourth-order valence-electron chi connectivity index (χ4n) is 10.4. The predicted molar refractivity (Wildman–Crippen MR) is 194 cm³/mol. The number of rotatable bonds is 10. The van der Waals surface area contributed by atoms with Crippen molar-refractivity contribution >= 4 is 29.3 Å². The first kappa shape index (κ1) is 36.5. The average molecular weight is 687 g/mol. The molecule has 3 fully saturated rings. The number of carbonyl (C=O) groups excluding carboxylic acids is 4. The monoisotopic (exact) mass is 686 g/mol. The Bertz CT molecular complexity index is 1480. The van der Waals surface area contributed by atoms with E-state index in [9.17, 15) is 19.2 Å². The third kappa shape index (κ3) is 7.64. The maximum Gasteiger partial charge on any atom is 0.253 e. The van der Waals surface area contributed by atoms with Crippen LogP contribution >= 0.6 is 0 Å². The number of benzene rings is 1. The second-order valence-electron chi connectivity index (χ2n) is 17.1. The van der Waals surface area contributed by atoms with Crippen molar-refractivity contribution in [2.24, 2.45) is 34.5 Å². The summed E-state index contributed by atoms with van der Waals surface area (Å²) < 4.78 is 6.12. The second kappa shape index (κ2) is 14.7. The van der Waals surface area contributed by atoms with E-state index in [1.165, 1.54) is 29.0 Å². The summed E-state index contributed by atoms with van der Waals surface area (Å²) in [6, 6.07) is 8.56. The van der Waals surface area contributed by atoms with Crippen molar-refractivity contribution in [3.8, 4) is 0 Å². The molecule has 2 N–H and O–H groups in total. The predicted octanol–water partition coefficient (Wildman–Crippen LogP) is 6.60. The Morgan fingerprint density at radius 1 is 0.920 bits per heavy atom. The Morgan fingerprint density at radius 3 is 2.38 bits per heavy atom. The van der Waals surface area contributed by atoms with Gasteiger partial charge in [0, 0.05) is 60.3 Å². The molecule has 0 radical (unpaired) electrons. The Kier molecular flexibility index (Phi) is 10.8. The van der Waals surface area contributed by atoms with Gasteiger partial charge in [0.1, 0.15) is 0 Å². The number of hydrogen-bond acceptors (Lipinski definition) is 6. The number of anilines is 1. The van der Waals surface area contributed by atoms with Gasteiger partial charge in [-0.1, -0.05) is 44.6 Å². The van der Waals surface area contributed by atoms with Gasteiger partial charge in [0.05, 0.1) is 13.3 Å². The van der Waals surface area contributed by atoms with E-state index in [0.29, 0.717) is 62.9 Å². The minimum Gasteiger partial charge on any atom is -0.362 e. The van der Waals surface area contributed by atoms with Crippen LogP contribution in [0.5, 0.6) is 0 Å². The highest BCUT2D eigenvalue weighted by atomic mass is 16.5. The Balaban J connectivity index is 1.04. The molecule has 9 nitrogen and oxygen atoms in total. The van der Waals surface area contributed by atoms with Crippen LogP contribution in [-0.2, 0) is 30.5 Å². The van der Waals surface area contributed by atoms with E-state index in [-0.39, 0.29) is 45.9 Å². The standard InChI is InChI=1S/C41H58N4O5/c1-39(2,3)43-38(49)33-17-16-31-30-15-18-34-41(5,32(30)21-23-40(31,33)4)22-9-25-50-27-44(34)26-28-11-13-29(14-12-28)42-35(46)10-7-6-8-24-45-36(47)19-20-37(45)48/h9,11-14,19-20,22,30-34H,6-8,10,15-18,21,23-27H2,1-5H3,(H,42,46)(H,43,49)/b22-9-/t30-,31-,32-,33+,34+,40-,41+/m0/s1. The molecular weight excluding hydrogens is 628 g/mol. The molecule has 2 aliphatic heterocycles. The van der Waals surface area contributed by atoms with E-state index in [1.807, 2.05) is 12.1 Å². The molecule has 7 atom stereocenters.